The maximum Gasteiger partial charge on any atom is 0.262 e. The van der Waals surface area contributed by atoms with Gasteiger partial charge in [-0.15, -0.1) is 11.3 Å². The third kappa shape index (κ3) is 4.07. The summed E-state index contributed by atoms with van der Waals surface area (Å²) >= 11 is 3.13. The third-order valence-electron chi connectivity index (χ3n) is 3.98. The molecule has 4 nitrogen and oxygen atoms in total. The molecule has 0 N–H and O–H groups in total. The molecular formula is C19H22N2O2S2. The molecule has 2 heterocycles. The molecule has 3 aromatic rings. The summed E-state index contributed by atoms with van der Waals surface area (Å²) in [5, 5.41) is 1.51. The van der Waals surface area contributed by atoms with Crippen molar-refractivity contribution in [2.24, 2.45) is 0 Å². The van der Waals surface area contributed by atoms with Crippen molar-refractivity contribution >= 4 is 33.3 Å². The monoisotopic (exact) mass is 374 g/mol. The zero-order valence-electron chi connectivity index (χ0n) is 14.7. The van der Waals surface area contributed by atoms with E-state index in [2.05, 4.69) is 11.9 Å². The van der Waals surface area contributed by atoms with Crippen LogP contribution < -0.4 is 10.3 Å². The summed E-state index contributed by atoms with van der Waals surface area (Å²) in [5.74, 6) is 0.872. The van der Waals surface area contributed by atoms with E-state index in [9.17, 15) is 4.79 Å². The second-order valence-corrected chi connectivity index (χ2v) is 7.75. The van der Waals surface area contributed by atoms with E-state index in [-0.39, 0.29) is 5.56 Å². The quantitative estimate of drug-likeness (QED) is 0.346. The van der Waals surface area contributed by atoms with Crippen LogP contribution in [0.5, 0.6) is 5.75 Å². The normalized spacial score (nSPS) is 11.2. The zero-order valence-corrected chi connectivity index (χ0v) is 16.4. The lowest BCUT2D eigenvalue weighted by Gasteiger charge is -2.11. The topological polar surface area (TPSA) is 44.1 Å². The van der Waals surface area contributed by atoms with Crippen molar-refractivity contribution in [3.63, 3.8) is 0 Å². The molecule has 0 fully saturated rings. The maximum atomic E-state index is 12.8. The van der Waals surface area contributed by atoms with Crippen molar-refractivity contribution in [3.8, 4) is 5.75 Å². The minimum absolute atomic E-state index is 0.0563. The maximum absolute atomic E-state index is 12.8. The SMILES string of the molecule is CCc1cc2c(=O)n(CCCOc3cccc(C)c3)c(SC)nc2s1. The molecule has 0 aliphatic carbocycles. The van der Waals surface area contributed by atoms with Crippen molar-refractivity contribution in [2.45, 2.75) is 38.4 Å². The van der Waals surface area contributed by atoms with Gasteiger partial charge in [-0.1, -0.05) is 30.8 Å². The van der Waals surface area contributed by atoms with E-state index in [1.54, 1.807) is 15.9 Å². The molecule has 1 aromatic carbocycles. The van der Waals surface area contributed by atoms with E-state index in [0.717, 1.165) is 34.0 Å². The first kappa shape index (κ1) is 18.0. The first-order valence-electron chi connectivity index (χ1n) is 8.39. The first-order chi connectivity index (χ1) is 12.1. The number of benzene rings is 1. The highest BCUT2D eigenvalue weighted by atomic mass is 32.2. The summed E-state index contributed by atoms with van der Waals surface area (Å²) in [6.07, 6.45) is 3.65. The van der Waals surface area contributed by atoms with E-state index in [1.807, 2.05) is 43.5 Å². The summed E-state index contributed by atoms with van der Waals surface area (Å²) in [6, 6.07) is 9.99. The number of rotatable bonds is 7. The van der Waals surface area contributed by atoms with E-state index in [1.165, 1.54) is 22.2 Å². The van der Waals surface area contributed by atoms with E-state index >= 15 is 0 Å². The Morgan fingerprint density at radius 2 is 2.16 bits per heavy atom. The highest BCUT2D eigenvalue weighted by Gasteiger charge is 2.13. The molecule has 0 saturated heterocycles. The molecule has 2 aromatic heterocycles. The number of hydrogen-bond donors (Lipinski definition) is 0. The molecule has 0 spiro atoms. The van der Waals surface area contributed by atoms with Crippen LogP contribution in [0.4, 0.5) is 0 Å². The Balaban J connectivity index is 1.74. The summed E-state index contributed by atoms with van der Waals surface area (Å²) in [4.78, 5) is 19.5. The van der Waals surface area contributed by atoms with Gasteiger partial charge in [-0.25, -0.2) is 4.98 Å². The predicted octanol–water partition coefficient (Wildman–Crippen LogP) is 4.52. The number of fused-ring (bicyclic) bond motifs is 1. The number of aromatic nitrogens is 2. The van der Waals surface area contributed by atoms with Gasteiger partial charge in [-0.3, -0.25) is 9.36 Å². The van der Waals surface area contributed by atoms with E-state index < -0.39 is 0 Å². The number of aryl methyl sites for hydroxylation is 2. The summed E-state index contributed by atoms with van der Waals surface area (Å²) in [6.45, 7) is 5.33. The molecule has 0 bridgehead atoms. The van der Waals surface area contributed by atoms with Gasteiger partial charge < -0.3 is 4.74 Å². The lowest BCUT2D eigenvalue weighted by Crippen LogP contribution is -2.23. The Kier molecular flexibility index (Phi) is 5.81. The van der Waals surface area contributed by atoms with Crippen LogP contribution in [0.25, 0.3) is 10.2 Å². The molecule has 0 unspecified atom stereocenters. The van der Waals surface area contributed by atoms with Crippen LogP contribution in [0.1, 0.15) is 23.8 Å². The number of thioether (sulfide) groups is 1. The zero-order chi connectivity index (χ0) is 17.8. The first-order valence-corrected chi connectivity index (χ1v) is 10.4. The molecule has 0 radical (unpaired) electrons. The number of hydrogen-bond acceptors (Lipinski definition) is 5. The van der Waals surface area contributed by atoms with Gasteiger partial charge in [0, 0.05) is 11.4 Å². The van der Waals surface area contributed by atoms with Gasteiger partial charge in [-0.2, -0.15) is 0 Å². The van der Waals surface area contributed by atoms with Crippen LogP contribution >= 0.6 is 23.1 Å². The van der Waals surface area contributed by atoms with E-state index in [0.29, 0.717) is 13.2 Å². The lowest BCUT2D eigenvalue weighted by atomic mass is 10.2. The summed E-state index contributed by atoms with van der Waals surface area (Å²) in [7, 11) is 0. The van der Waals surface area contributed by atoms with Crippen LogP contribution in [0, 0.1) is 6.92 Å². The molecule has 6 heteroatoms. The number of thiophene rings is 1. The molecule has 0 aliphatic heterocycles. The number of ether oxygens (including phenoxy) is 1. The van der Waals surface area contributed by atoms with Crippen molar-refractivity contribution in [1.29, 1.82) is 0 Å². The molecule has 0 amide bonds. The van der Waals surface area contributed by atoms with Crippen LogP contribution in [-0.2, 0) is 13.0 Å². The Hall–Kier alpha value is -1.79. The molecule has 0 saturated carbocycles. The fourth-order valence-electron chi connectivity index (χ4n) is 2.69. The molecule has 3 rings (SSSR count). The van der Waals surface area contributed by atoms with Gasteiger partial charge in [0.25, 0.3) is 5.56 Å². The number of nitrogens with zero attached hydrogens (tertiary/aromatic N) is 2. The van der Waals surface area contributed by atoms with Gasteiger partial charge in [0.1, 0.15) is 10.6 Å². The van der Waals surface area contributed by atoms with Crippen LogP contribution in [0.2, 0.25) is 0 Å². The largest absolute Gasteiger partial charge is 0.494 e. The molecule has 25 heavy (non-hydrogen) atoms. The highest BCUT2D eigenvalue weighted by Crippen LogP contribution is 2.24. The second kappa shape index (κ2) is 8.06. The van der Waals surface area contributed by atoms with Gasteiger partial charge >= 0.3 is 0 Å². The predicted molar refractivity (Wildman–Crippen MR) is 106 cm³/mol. The van der Waals surface area contributed by atoms with Crippen LogP contribution in [0.15, 0.2) is 40.3 Å². The Morgan fingerprint density at radius 3 is 2.88 bits per heavy atom. The van der Waals surface area contributed by atoms with Crippen LogP contribution in [0.3, 0.4) is 0 Å². The van der Waals surface area contributed by atoms with Gasteiger partial charge in [0.05, 0.1) is 12.0 Å². The molecule has 0 atom stereocenters. The van der Waals surface area contributed by atoms with Gasteiger partial charge in [0.15, 0.2) is 5.16 Å². The van der Waals surface area contributed by atoms with Gasteiger partial charge in [0.2, 0.25) is 0 Å². The Labute approximate surface area is 155 Å². The standard InChI is InChI=1S/C19H22N2O2S2/c1-4-15-12-16-17(25-15)20-19(24-3)21(18(16)22)9-6-10-23-14-8-5-7-13(2)11-14/h5,7-8,11-12H,4,6,9-10H2,1-3H3. The Bertz CT molecular complexity index is 931. The smallest absolute Gasteiger partial charge is 0.262 e. The van der Waals surface area contributed by atoms with Crippen molar-refractivity contribution in [3.05, 3.63) is 51.1 Å². The average molecular weight is 375 g/mol. The third-order valence-corrected chi connectivity index (χ3v) is 5.83. The average Bonchev–Trinajstić information content (AvgIpc) is 3.03. The fraction of sp³-hybridized carbons (Fsp3) is 0.368. The summed E-state index contributed by atoms with van der Waals surface area (Å²) < 4.78 is 7.57. The van der Waals surface area contributed by atoms with Gasteiger partial charge in [-0.05, 0) is 49.8 Å². The lowest BCUT2D eigenvalue weighted by molar-refractivity contribution is 0.298. The fourth-order valence-corrected chi connectivity index (χ4v) is 4.28. The van der Waals surface area contributed by atoms with E-state index in [4.69, 9.17) is 4.74 Å². The minimum atomic E-state index is 0.0563. The molecule has 132 valence electrons. The van der Waals surface area contributed by atoms with Crippen molar-refractivity contribution in [2.75, 3.05) is 12.9 Å². The highest BCUT2D eigenvalue weighted by molar-refractivity contribution is 7.98. The Morgan fingerprint density at radius 1 is 1.32 bits per heavy atom. The second-order valence-electron chi connectivity index (χ2n) is 5.86. The van der Waals surface area contributed by atoms with Crippen molar-refractivity contribution < 1.29 is 4.74 Å². The molecule has 0 aliphatic rings. The molecular weight excluding hydrogens is 352 g/mol. The van der Waals surface area contributed by atoms with Crippen molar-refractivity contribution in [1.82, 2.24) is 9.55 Å². The summed E-state index contributed by atoms with van der Waals surface area (Å²) in [5.41, 5.74) is 1.23. The minimum Gasteiger partial charge on any atom is -0.494 e. The van der Waals surface area contributed by atoms with Crippen LogP contribution in [-0.4, -0.2) is 22.4 Å².